The summed E-state index contributed by atoms with van der Waals surface area (Å²) in [4.78, 5) is 1.10. The molecule has 210 valence electrons. The number of terminal acetylenes is 1. The number of alkyl halides is 6. The van der Waals surface area contributed by atoms with Crippen LogP contribution in [0.2, 0.25) is 0 Å². The largest absolute Gasteiger partial charge is 0.423 e. The molecule has 39 heavy (non-hydrogen) atoms. The number of allylic oxidation sites excluding steroid dienone is 3. The molecule has 0 spiro atoms. The minimum absolute atomic E-state index is 0.277. The standard InChI is InChI=1S/C25H23F6N3O.C2H2.CH3F/c1-2-3-4-13-33(14-5-6-23(27)28)17-24(35,25(29,30)31)19-7-12-22-18(15-19)16-32-34(22)21-10-8-20(26)9-11-21;2*1-2/h2,4-13,15-16,23,35H,1,3,14,17H2;1-2H;1H3/b6-5+,13-4-;;. The number of rotatable bonds is 10. The summed E-state index contributed by atoms with van der Waals surface area (Å²) in [7, 11) is 0.500. The molecule has 0 bridgehead atoms. The van der Waals surface area contributed by atoms with E-state index in [1.165, 1.54) is 65.6 Å². The van der Waals surface area contributed by atoms with Crippen molar-refractivity contribution in [3.63, 3.8) is 0 Å². The molecule has 1 aromatic heterocycles. The monoisotopic (exact) mass is 555 g/mol. The fourth-order valence-electron chi connectivity index (χ4n) is 3.50. The fourth-order valence-corrected chi connectivity index (χ4v) is 3.50. The molecule has 0 saturated carbocycles. The third kappa shape index (κ3) is 8.75. The average Bonchev–Trinajstić information content (AvgIpc) is 3.34. The molecule has 0 aliphatic carbocycles. The molecule has 0 amide bonds. The zero-order valence-corrected chi connectivity index (χ0v) is 21.0. The third-order valence-corrected chi connectivity index (χ3v) is 5.26. The highest BCUT2D eigenvalue weighted by Crippen LogP contribution is 2.41. The molecule has 1 N–H and O–H groups in total. The van der Waals surface area contributed by atoms with Gasteiger partial charge < -0.3 is 10.0 Å². The van der Waals surface area contributed by atoms with E-state index >= 15 is 0 Å². The second kappa shape index (κ2) is 15.4. The van der Waals surface area contributed by atoms with Crippen LogP contribution >= 0.6 is 0 Å². The average molecular weight is 556 g/mol. The molecular weight excluding hydrogens is 527 g/mol. The summed E-state index contributed by atoms with van der Waals surface area (Å²) in [5, 5.41) is 15.4. The van der Waals surface area contributed by atoms with Crippen molar-refractivity contribution in [3.8, 4) is 18.5 Å². The van der Waals surface area contributed by atoms with Crippen molar-refractivity contribution < 1.29 is 35.8 Å². The summed E-state index contributed by atoms with van der Waals surface area (Å²) in [6, 6.07) is 9.11. The molecule has 1 unspecified atom stereocenters. The van der Waals surface area contributed by atoms with Gasteiger partial charge in [-0.2, -0.15) is 18.3 Å². The molecule has 11 heteroatoms. The van der Waals surface area contributed by atoms with Crippen molar-refractivity contribution in [2.75, 3.05) is 20.3 Å². The van der Waals surface area contributed by atoms with Crippen LogP contribution in [-0.4, -0.2) is 52.7 Å². The first-order chi connectivity index (χ1) is 18.5. The maximum absolute atomic E-state index is 14.2. The van der Waals surface area contributed by atoms with E-state index in [0.717, 1.165) is 17.0 Å². The predicted molar refractivity (Wildman–Crippen MR) is 139 cm³/mol. The molecule has 3 aromatic rings. The molecule has 2 aromatic carbocycles. The van der Waals surface area contributed by atoms with Gasteiger partial charge in [0, 0.05) is 11.9 Å². The lowest BCUT2D eigenvalue weighted by Gasteiger charge is -2.35. The summed E-state index contributed by atoms with van der Waals surface area (Å²) in [6.45, 7) is 2.31. The van der Waals surface area contributed by atoms with E-state index in [4.69, 9.17) is 0 Å². The van der Waals surface area contributed by atoms with Gasteiger partial charge in [0.15, 0.2) is 0 Å². The second-order valence-electron chi connectivity index (χ2n) is 7.77. The number of halogens is 7. The van der Waals surface area contributed by atoms with E-state index in [1.807, 2.05) is 0 Å². The summed E-state index contributed by atoms with van der Waals surface area (Å²) in [5.41, 5.74) is -2.79. The minimum atomic E-state index is -5.08. The van der Waals surface area contributed by atoms with Gasteiger partial charge in [-0.25, -0.2) is 17.9 Å². The van der Waals surface area contributed by atoms with Gasteiger partial charge >= 0.3 is 6.18 Å². The molecule has 0 fully saturated rings. The molecule has 4 nitrogen and oxygen atoms in total. The van der Waals surface area contributed by atoms with Crippen molar-refractivity contribution in [3.05, 3.63) is 97.1 Å². The smallest absolute Gasteiger partial charge is 0.375 e. The maximum Gasteiger partial charge on any atom is 0.423 e. The van der Waals surface area contributed by atoms with Gasteiger partial charge in [0.1, 0.15) is 5.82 Å². The number of fused-ring (bicyclic) bond motifs is 1. The van der Waals surface area contributed by atoms with Gasteiger partial charge in [-0.15, -0.1) is 19.4 Å². The Kier molecular flexibility index (Phi) is 13.0. The van der Waals surface area contributed by atoms with Crippen LogP contribution in [0.15, 0.2) is 85.7 Å². The summed E-state index contributed by atoms with van der Waals surface area (Å²) < 4.78 is 91.7. The molecular formula is C28H28F7N3O. The van der Waals surface area contributed by atoms with Crippen LogP contribution < -0.4 is 0 Å². The lowest BCUT2D eigenvalue weighted by molar-refractivity contribution is -0.269. The Morgan fingerprint density at radius 2 is 1.72 bits per heavy atom. The van der Waals surface area contributed by atoms with Crippen LogP contribution in [0.5, 0.6) is 0 Å². The Bertz CT molecular complexity index is 1250. The maximum atomic E-state index is 14.2. The normalized spacial score (nSPS) is 13.0. The Balaban J connectivity index is 0.00000181. The Labute approximate surface area is 222 Å². The van der Waals surface area contributed by atoms with Gasteiger partial charge in [-0.1, -0.05) is 24.3 Å². The van der Waals surface area contributed by atoms with Crippen LogP contribution in [0.3, 0.4) is 0 Å². The summed E-state index contributed by atoms with van der Waals surface area (Å²) >= 11 is 0. The Hall–Kier alpha value is -4.04. The minimum Gasteiger partial charge on any atom is -0.375 e. The number of nitrogens with zero attached hydrogens (tertiary/aromatic N) is 3. The molecule has 1 atom stereocenters. The van der Waals surface area contributed by atoms with Gasteiger partial charge in [-0.3, -0.25) is 4.39 Å². The quantitative estimate of drug-likeness (QED) is 0.167. The Morgan fingerprint density at radius 3 is 2.28 bits per heavy atom. The molecule has 0 saturated heterocycles. The first-order valence-electron chi connectivity index (χ1n) is 11.3. The fraction of sp³-hybridized carbons (Fsp3) is 0.250. The van der Waals surface area contributed by atoms with E-state index in [2.05, 4.69) is 24.5 Å². The number of benzene rings is 2. The van der Waals surface area contributed by atoms with Crippen LogP contribution in [0.25, 0.3) is 16.6 Å². The number of aromatic nitrogens is 2. The van der Waals surface area contributed by atoms with Gasteiger partial charge in [0.05, 0.1) is 31.1 Å². The molecule has 0 aliphatic heterocycles. The van der Waals surface area contributed by atoms with Crippen molar-refractivity contribution in [1.29, 1.82) is 0 Å². The van der Waals surface area contributed by atoms with Crippen LogP contribution in [0.1, 0.15) is 12.0 Å². The molecule has 1 heterocycles. The SMILES string of the molecule is C#C.C=CC/C=C\N(C/C=C/C(F)F)CC(O)(c1ccc2c(cnn2-c2ccc(F)cc2)c1)C(F)(F)F.CF. The summed E-state index contributed by atoms with van der Waals surface area (Å²) in [5.74, 6) is -0.446. The van der Waals surface area contributed by atoms with Crippen LogP contribution in [0, 0.1) is 18.7 Å². The molecule has 0 aliphatic rings. The highest BCUT2D eigenvalue weighted by atomic mass is 19.4. The number of hydrogen-bond donors (Lipinski definition) is 1. The van der Waals surface area contributed by atoms with Gasteiger partial charge in [-0.05, 0) is 60.7 Å². The lowest BCUT2D eigenvalue weighted by atomic mass is 9.91. The molecule has 3 rings (SSSR count). The van der Waals surface area contributed by atoms with E-state index in [-0.39, 0.29) is 6.54 Å². The van der Waals surface area contributed by atoms with E-state index in [0.29, 0.717) is 36.3 Å². The van der Waals surface area contributed by atoms with Crippen molar-refractivity contribution in [1.82, 2.24) is 14.7 Å². The highest BCUT2D eigenvalue weighted by Gasteiger charge is 2.55. The van der Waals surface area contributed by atoms with E-state index in [1.54, 1.807) is 0 Å². The lowest BCUT2D eigenvalue weighted by Crippen LogP contribution is -2.50. The van der Waals surface area contributed by atoms with Crippen LogP contribution in [0.4, 0.5) is 30.7 Å². The van der Waals surface area contributed by atoms with Crippen LogP contribution in [-0.2, 0) is 5.60 Å². The Morgan fingerprint density at radius 1 is 1.08 bits per heavy atom. The third-order valence-electron chi connectivity index (χ3n) is 5.26. The number of aliphatic hydroxyl groups is 1. The van der Waals surface area contributed by atoms with E-state index < -0.39 is 36.1 Å². The van der Waals surface area contributed by atoms with E-state index in [9.17, 15) is 35.8 Å². The van der Waals surface area contributed by atoms with Gasteiger partial charge in [0.25, 0.3) is 6.43 Å². The highest BCUT2D eigenvalue weighted by molar-refractivity contribution is 5.81. The predicted octanol–water partition coefficient (Wildman–Crippen LogP) is 6.96. The topological polar surface area (TPSA) is 41.3 Å². The van der Waals surface area contributed by atoms with Crippen molar-refractivity contribution >= 4 is 10.9 Å². The second-order valence-corrected chi connectivity index (χ2v) is 7.77. The number of hydrogen-bond acceptors (Lipinski definition) is 3. The first-order valence-corrected chi connectivity index (χ1v) is 11.3. The first kappa shape index (κ1) is 33.0. The van der Waals surface area contributed by atoms with Gasteiger partial charge in [0.2, 0.25) is 5.60 Å². The van der Waals surface area contributed by atoms with Crippen molar-refractivity contribution in [2.45, 2.75) is 24.6 Å². The molecule has 0 radical (unpaired) electrons. The zero-order chi connectivity index (χ0) is 29.6. The summed E-state index contributed by atoms with van der Waals surface area (Å²) in [6.07, 6.45) is 7.79. The zero-order valence-electron chi connectivity index (χ0n) is 21.0. The van der Waals surface area contributed by atoms with Crippen molar-refractivity contribution in [2.24, 2.45) is 0 Å².